The van der Waals surface area contributed by atoms with Crippen LogP contribution in [0.3, 0.4) is 0 Å². The molecule has 0 saturated heterocycles. The van der Waals surface area contributed by atoms with Gasteiger partial charge < -0.3 is 18.9 Å². The molecule has 0 aliphatic carbocycles. The molecule has 0 fully saturated rings. The van der Waals surface area contributed by atoms with Crippen LogP contribution >= 0.6 is 0 Å². The Kier molecular flexibility index (Phi) is 8.69. The molecule has 0 amide bonds. The fourth-order valence-corrected chi connectivity index (χ4v) is 2.43. The minimum atomic E-state index is -1.23. The maximum Gasteiger partial charge on any atom is 0.325 e. The lowest BCUT2D eigenvalue weighted by Gasteiger charge is -2.12. The first-order chi connectivity index (χ1) is 14.1. The van der Waals surface area contributed by atoms with E-state index >= 15 is 0 Å². The first-order valence-electron chi connectivity index (χ1n) is 9.31. The first-order valence-corrected chi connectivity index (χ1v) is 9.31. The molecule has 7 nitrogen and oxygen atoms in total. The highest BCUT2D eigenvalue weighted by Crippen LogP contribution is 2.32. The zero-order valence-corrected chi connectivity index (χ0v) is 16.8. The predicted octanol–water partition coefficient (Wildman–Crippen LogP) is 3.72. The number of nitrogens with zero attached hydrogens (tertiary/aromatic N) is 1. The number of esters is 2. The van der Waals surface area contributed by atoms with Gasteiger partial charge in [0.2, 0.25) is 0 Å². The van der Waals surface area contributed by atoms with Crippen molar-refractivity contribution < 1.29 is 28.5 Å². The van der Waals surface area contributed by atoms with Crippen molar-refractivity contribution in [3.05, 3.63) is 54.1 Å². The van der Waals surface area contributed by atoms with E-state index in [1.165, 1.54) is 13.3 Å². The largest absolute Gasteiger partial charge is 0.493 e. The minimum Gasteiger partial charge on any atom is -0.493 e. The monoisotopic (exact) mass is 399 g/mol. The van der Waals surface area contributed by atoms with Crippen LogP contribution in [-0.4, -0.2) is 38.5 Å². The van der Waals surface area contributed by atoms with Gasteiger partial charge in [0.05, 0.1) is 26.0 Å². The summed E-state index contributed by atoms with van der Waals surface area (Å²) >= 11 is 0. The third-order valence-electron chi connectivity index (χ3n) is 3.84. The summed E-state index contributed by atoms with van der Waals surface area (Å²) in [5.41, 5.74) is 1.52. The number of methoxy groups -OCH3 is 1. The Morgan fingerprint density at radius 2 is 1.62 bits per heavy atom. The molecular weight excluding hydrogens is 374 g/mol. The van der Waals surface area contributed by atoms with Gasteiger partial charge in [-0.1, -0.05) is 30.3 Å². The molecule has 7 heteroatoms. The van der Waals surface area contributed by atoms with E-state index in [0.29, 0.717) is 23.8 Å². The minimum absolute atomic E-state index is 0.157. The summed E-state index contributed by atoms with van der Waals surface area (Å²) in [5, 5.41) is 0. The highest BCUT2D eigenvalue weighted by Gasteiger charge is 2.27. The molecule has 0 aliphatic heterocycles. The second-order valence-electron chi connectivity index (χ2n) is 5.87. The van der Waals surface area contributed by atoms with Crippen LogP contribution in [0.15, 0.2) is 53.5 Å². The van der Waals surface area contributed by atoms with Crippen molar-refractivity contribution in [2.45, 2.75) is 20.5 Å². The third-order valence-corrected chi connectivity index (χ3v) is 3.84. The van der Waals surface area contributed by atoms with E-state index in [1.54, 1.807) is 32.0 Å². The first kappa shape index (κ1) is 21.9. The molecule has 0 bridgehead atoms. The average molecular weight is 399 g/mol. The average Bonchev–Trinajstić information content (AvgIpc) is 2.74. The van der Waals surface area contributed by atoms with Gasteiger partial charge in [-0.05, 0) is 31.5 Å². The summed E-state index contributed by atoms with van der Waals surface area (Å²) in [6.45, 7) is 4.04. The van der Waals surface area contributed by atoms with Crippen LogP contribution in [-0.2, 0) is 25.7 Å². The van der Waals surface area contributed by atoms with Crippen LogP contribution in [0.1, 0.15) is 19.4 Å². The van der Waals surface area contributed by atoms with E-state index in [-0.39, 0.29) is 13.2 Å². The van der Waals surface area contributed by atoms with Gasteiger partial charge in [-0.3, -0.25) is 14.6 Å². The SMILES string of the molecule is CCOC(=O)C(C=Nc1ccc(OCc2ccccc2)c(OC)c1)C(=O)OCC. The van der Waals surface area contributed by atoms with Crippen molar-refractivity contribution in [3.8, 4) is 11.5 Å². The van der Waals surface area contributed by atoms with Gasteiger partial charge in [0.25, 0.3) is 0 Å². The standard InChI is InChI=1S/C22H25NO6/c1-4-27-21(24)18(22(25)28-5-2)14-23-17-11-12-19(20(13-17)26-3)29-15-16-9-7-6-8-10-16/h6-14,18H,4-5,15H2,1-3H3. The normalized spacial score (nSPS) is 10.8. The number of benzene rings is 2. The van der Waals surface area contributed by atoms with E-state index < -0.39 is 17.9 Å². The molecule has 0 atom stereocenters. The van der Waals surface area contributed by atoms with Crippen LogP contribution in [0.2, 0.25) is 0 Å². The lowest BCUT2D eigenvalue weighted by Crippen LogP contribution is -2.29. The molecule has 0 spiro atoms. The number of carbonyl (C=O) groups excluding carboxylic acids is 2. The number of aliphatic imine (C=N–C) groups is 1. The molecule has 2 rings (SSSR count). The second kappa shape index (κ2) is 11.5. The fraction of sp³-hybridized carbons (Fsp3) is 0.318. The Bertz CT molecular complexity index is 816. The molecule has 0 N–H and O–H groups in total. The smallest absolute Gasteiger partial charge is 0.325 e. The molecule has 2 aromatic rings. The van der Waals surface area contributed by atoms with Gasteiger partial charge >= 0.3 is 11.9 Å². The Morgan fingerprint density at radius 1 is 0.966 bits per heavy atom. The van der Waals surface area contributed by atoms with Crippen molar-refractivity contribution in [1.82, 2.24) is 0 Å². The Morgan fingerprint density at radius 3 is 2.21 bits per heavy atom. The number of carbonyl (C=O) groups is 2. The van der Waals surface area contributed by atoms with Crippen LogP contribution in [0.4, 0.5) is 5.69 Å². The molecule has 0 saturated carbocycles. The van der Waals surface area contributed by atoms with E-state index in [2.05, 4.69) is 4.99 Å². The lowest BCUT2D eigenvalue weighted by atomic mass is 10.1. The van der Waals surface area contributed by atoms with E-state index in [4.69, 9.17) is 18.9 Å². The predicted molar refractivity (Wildman–Crippen MR) is 109 cm³/mol. The molecule has 154 valence electrons. The highest BCUT2D eigenvalue weighted by atomic mass is 16.6. The van der Waals surface area contributed by atoms with Gasteiger partial charge in [-0.15, -0.1) is 0 Å². The summed E-state index contributed by atoms with van der Waals surface area (Å²) in [6, 6.07) is 14.8. The summed E-state index contributed by atoms with van der Waals surface area (Å²) < 4.78 is 21.0. The van der Waals surface area contributed by atoms with Gasteiger partial charge in [-0.2, -0.15) is 0 Å². The van der Waals surface area contributed by atoms with Crippen molar-refractivity contribution in [3.63, 3.8) is 0 Å². The number of hydrogen-bond donors (Lipinski definition) is 0. The van der Waals surface area contributed by atoms with Gasteiger partial charge in [-0.25, -0.2) is 0 Å². The molecule has 2 aromatic carbocycles. The second-order valence-corrected chi connectivity index (χ2v) is 5.87. The highest BCUT2D eigenvalue weighted by molar-refractivity contribution is 6.09. The maximum absolute atomic E-state index is 12.0. The summed E-state index contributed by atoms with van der Waals surface area (Å²) in [4.78, 5) is 28.3. The van der Waals surface area contributed by atoms with E-state index in [9.17, 15) is 9.59 Å². The fourth-order valence-electron chi connectivity index (χ4n) is 2.43. The number of ether oxygens (including phenoxy) is 4. The Labute approximate surface area is 170 Å². The third kappa shape index (κ3) is 6.64. The van der Waals surface area contributed by atoms with Crippen LogP contribution in [0.5, 0.6) is 11.5 Å². The maximum atomic E-state index is 12.0. The van der Waals surface area contributed by atoms with Crippen LogP contribution < -0.4 is 9.47 Å². The quantitative estimate of drug-likeness (QED) is 0.344. The van der Waals surface area contributed by atoms with Crippen LogP contribution in [0, 0.1) is 5.92 Å². The molecule has 0 aliphatic rings. The Balaban J connectivity index is 2.14. The lowest BCUT2D eigenvalue weighted by molar-refractivity contribution is -0.157. The zero-order valence-electron chi connectivity index (χ0n) is 16.8. The van der Waals surface area contributed by atoms with E-state index in [1.807, 2.05) is 30.3 Å². The summed E-state index contributed by atoms with van der Waals surface area (Å²) in [5.74, 6) is -1.59. The molecule has 0 aromatic heterocycles. The van der Waals surface area contributed by atoms with Gasteiger partial charge in [0.15, 0.2) is 17.4 Å². The number of hydrogen-bond acceptors (Lipinski definition) is 7. The van der Waals surface area contributed by atoms with Crippen molar-refractivity contribution >= 4 is 23.8 Å². The van der Waals surface area contributed by atoms with Gasteiger partial charge in [0.1, 0.15) is 6.61 Å². The topological polar surface area (TPSA) is 83.4 Å². The van der Waals surface area contributed by atoms with E-state index in [0.717, 1.165) is 5.56 Å². The van der Waals surface area contributed by atoms with Crippen molar-refractivity contribution in [1.29, 1.82) is 0 Å². The zero-order chi connectivity index (χ0) is 21.1. The van der Waals surface area contributed by atoms with Crippen LogP contribution in [0.25, 0.3) is 0 Å². The number of rotatable bonds is 10. The summed E-state index contributed by atoms with van der Waals surface area (Å²) in [7, 11) is 1.53. The Hall–Kier alpha value is -3.35. The summed E-state index contributed by atoms with van der Waals surface area (Å²) in [6.07, 6.45) is 1.22. The molecule has 29 heavy (non-hydrogen) atoms. The molecule has 0 unspecified atom stereocenters. The molecule has 0 heterocycles. The molecular formula is C22H25NO6. The van der Waals surface area contributed by atoms with Crippen molar-refractivity contribution in [2.75, 3.05) is 20.3 Å². The van der Waals surface area contributed by atoms with Crippen molar-refractivity contribution in [2.24, 2.45) is 10.9 Å². The van der Waals surface area contributed by atoms with Gasteiger partial charge in [0, 0.05) is 12.3 Å². The molecule has 0 radical (unpaired) electrons.